The Bertz CT molecular complexity index is 1040. The van der Waals surface area contributed by atoms with Gasteiger partial charge in [-0.05, 0) is 38.5 Å². The molecule has 8 nitrogen and oxygen atoms in total. The highest BCUT2D eigenvalue weighted by atomic mass is 16.5. The van der Waals surface area contributed by atoms with Gasteiger partial charge in [0.1, 0.15) is 18.1 Å². The molecule has 138 valence electrons. The fourth-order valence-corrected chi connectivity index (χ4v) is 3.10. The summed E-state index contributed by atoms with van der Waals surface area (Å²) < 4.78 is 10.8. The molecule has 0 bridgehead atoms. The Hall–Kier alpha value is -3.42. The van der Waals surface area contributed by atoms with Crippen molar-refractivity contribution < 1.29 is 18.5 Å². The largest absolute Gasteiger partial charge is 0.463 e. The summed E-state index contributed by atoms with van der Waals surface area (Å²) in [6.45, 7) is 5.22. The quantitative estimate of drug-likeness (QED) is 0.713. The summed E-state index contributed by atoms with van der Waals surface area (Å²) in [6, 6.07) is 10.5. The number of furan rings is 1. The van der Waals surface area contributed by atoms with Gasteiger partial charge in [0, 0.05) is 5.56 Å². The van der Waals surface area contributed by atoms with Gasteiger partial charge in [-0.2, -0.15) is 4.98 Å². The molecule has 1 aromatic carbocycles. The fraction of sp³-hybridized carbons (Fsp3) is 0.263. The molecule has 0 saturated carbocycles. The number of hydrogen-bond donors (Lipinski definition) is 1. The zero-order valence-electron chi connectivity index (χ0n) is 15.1. The van der Waals surface area contributed by atoms with Crippen LogP contribution in [0.2, 0.25) is 0 Å². The molecule has 0 unspecified atom stereocenters. The van der Waals surface area contributed by atoms with Crippen molar-refractivity contribution in [3.05, 3.63) is 59.4 Å². The van der Waals surface area contributed by atoms with Crippen molar-refractivity contribution in [2.45, 2.75) is 32.9 Å². The van der Waals surface area contributed by atoms with Gasteiger partial charge in [-0.1, -0.05) is 29.4 Å². The van der Waals surface area contributed by atoms with Crippen LogP contribution in [0.25, 0.3) is 11.4 Å². The molecule has 2 aromatic heterocycles. The maximum atomic E-state index is 12.9. The fourth-order valence-electron chi connectivity index (χ4n) is 3.10. The van der Waals surface area contributed by atoms with Crippen LogP contribution in [-0.2, 0) is 16.9 Å². The topological polar surface area (TPSA) is 101 Å². The molecule has 8 heteroatoms. The van der Waals surface area contributed by atoms with E-state index < -0.39 is 17.5 Å². The van der Waals surface area contributed by atoms with Crippen LogP contribution >= 0.6 is 0 Å². The number of aryl methyl sites for hydroxylation is 2. The second-order valence-corrected chi connectivity index (χ2v) is 6.68. The van der Waals surface area contributed by atoms with Crippen molar-refractivity contribution in [3.63, 3.8) is 0 Å². The summed E-state index contributed by atoms with van der Waals surface area (Å²) in [6.07, 6.45) is 0. The van der Waals surface area contributed by atoms with Crippen LogP contribution in [-0.4, -0.2) is 27.0 Å². The predicted molar refractivity (Wildman–Crippen MR) is 94.3 cm³/mol. The predicted octanol–water partition coefficient (Wildman–Crippen LogP) is 2.91. The van der Waals surface area contributed by atoms with Gasteiger partial charge in [-0.15, -0.1) is 0 Å². The molecule has 1 saturated heterocycles. The number of nitrogens with one attached hydrogen (secondary N) is 1. The molecule has 0 radical (unpaired) electrons. The van der Waals surface area contributed by atoms with Gasteiger partial charge in [0.05, 0.1) is 0 Å². The molecule has 1 atom stereocenters. The van der Waals surface area contributed by atoms with Crippen molar-refractivity contribution in [3.8, 4) is 11.4 Å². The zero-order chi connectivity index (χ0) is 19.2. The first kappa shape index (κ1) is 17.0. The molecular weight excluding hydrogens is 348 g/mol. The first-order valence-electron chi connectivity index (χ1n) is 8.48. The molecule has 27 heavy (non-hydrogen) atoms. The lowest BCUT2D eigenvalue weighted by Crippen LogP contribution is -2.40. The number of carbonyl (C=O) groups is 2. The Labute approximate surface area is 155 Å². The molecule has 1 N–H and O–H groups in total. The highest BCUT2D eigenvalue weighted by Gasteiger charge is 2.51. The average Bonchev–Trinajstić information content (AvgIpc) is 3.32. The smallest absolute Gasteiger partial charge is 0.325 e. The summed E-state index contributed by atoms with van der Waals surface area (Å²) in [5.41, 5.74) is 0.575. The van der Waals surface area contributed by atoms with Crippen LogP contribution < -0.4 is 5.32 Å². The Kier molecular flexibility index (Phi) is 3.83. The van der Waals surface area contributed by atoms with Crippen LogP contribution in [0, 0.1) is 13.8 Å². The first-order chi connectivity index (χ1) is 12.9. The van der Waals surface area contributed by atoms with Crippen LogP contribution in [0.1, 0.15) is 29.9 Å². The van der Waals surface area contributed by atoms with E-state index in [1.807, 2.05) is 31.2 Å². The number of rotatable bonds is 4. The van der Waals surface area contributed by atoms with Crippen LogP contribution in [0.5, 0.6) is 0 Å². The van der Waals surface area contributed by atoms with E-state index >= 15 is 0 Å². The SMILES string of the molecule is Cc1ccc([C@@]2(C)NC(=O)N(Cc3nc(-c4ccccc4C)no3)C2=O)o1. The highest BCUT2D eigenvalue weighted by molar-refractivity contribution is 6.06. The molecular formula is C19H18N4O4. The minimum Gasteiger partial charge on any atom is -0.463 e. The van der Waals surface area contributed by atoms with E-state index in [1.165, 1.54) is 0 Å². The van der Waals surface area contributed by atoms with Crippen molar-refractivity contribution in [2.75, 3.05) is 0 Å². The Morgan fingerprint density at radius 1 is 1.15 bits per heavy atom. The molecule has 1 aliphatic rings. The third-order valence-corrected chi connectivity index (χ3v) is 4.66. The van der Waals surface area contributed by atoms with Gasteiger partial charge in [-0.25, -0.2) is 4.79 Å². The monoisotopic (exact) mass is 366 g/mol. The van der Waals surface area contributed by atoms with Gasteiger partial charge in [0.25, 0.3) is 5.91 Å². The van der Waals surface area contributed by atoms with Gasteiger partial charge < -0.3 is 14.3 Å². The molecule has 0 aliphatic carbocycles. The Morgan fingerprint density at radius 2 is 1.93 bits per heavy atom. The molecule has 0 spiro atoms. The molecule has 3 aromatic rings. The summed E-state index contributed by atoms with van der Waals surface area (Å²) >= 11 is 0. The van der Waals surface area contributed by atoms with Gasteiger partial charge in [0.15, 0.2) is 5.54 Å². The minimum absolute atomic E-state index is 0.112. The second-order valence-electron chi connectivity index (χ2n) is 6.68. The van der Waals surface area contributed by atoms with E-state index in [-0.39, 0.29) is 12.4 Å². The van der Waals surface area contributed by atoms with Gasteiger partial charge >= 0.3 is 6.03 Å². The number of urea groups is 1. The summed E-state index contributed by atoms with van der Waals surface area (Å²) in [7, 11) is 0. The van der Waals surface area contributed by atoms with E-state index in [0.717, 1.165) is 16.0 Å². The number of nitrogens with zero attached hydrogens (tertiary/aromatic N) is 3. The number of amides is 3. The van der Waals surface area contributed by atoms with Crippen LogP contribution in [0.3, 0.4) is 0 Å². The van der Waals surface area contributed by atoms with Gasteiger partial charge in [-0.3, -0.25) is 9.69 Å². The number of hydrogen-bond acceptors (Lipinski definition) is 6. The molecule has 3 heterocycles. The third kappa shape index (κ3) is 2.79. The Balaban J connectivity index is 1.58. The lowest BCUT2D eigenvalue weighted by atomic mass is 9.99. The lowest BCUT2D eigenvalue weighted by molar-refractivity contribution is -0.132. The van der Waals surface area contributed by atoms with E-state index in [0.29, 0.717) is 17.3 Å². The third-order valence-electron chi connectivity index (χ3n) is 4.66. The number of imide groups is 1. The average molecular weight is 366 g/mol. The van der Waals surface area contributed by atoms with Crippen molar-refractivity contribution in [1.29, 1.82) is 0 Å². The lowest BCUT2D eigenvalue weighted by Gasteiger charge is -2.18. The maximum Gasteiger partial charge on any atom is 0.325 e. The van der Waals surface area contributed by atoms with E-state index in [9.17, 15) is 9.59 Å². The van der Waals surface area contributed by atoms with E-state index in [2.05, 4.69) is 15.5 Å². The zero-order valence-corrected chi connectivity index (χ0v) is 15.1. The number of aromatic nitrogens is 2. The normalized spacial score (nSPS) is 19.6. The van der Waals surface area contributed by atoms with E-state index in [4.69, 9.17) is 8.94 Å². The maximum absolute atomic E-state index is 12.9. The second kappa shape index (κ2) is 6.08. The Morgan fingerprint density at radius 3 is 2.63 bits per heavy atom. The van der Waals surface area contributed by atoms with Gasteiger partial charge in [0.2, 0.25) is 11.7 Å². The molecule has 1 fully saturated rings. The number of benzene rings is 1. The van der Waals surface area contributed by atoms with Crippen molar-refractivity contribution in [1.82, 2.24) is 20.4 Å². The van der Waals surface area contributed by atoms with Crippen LogP contribution in [0.15, 0.2) is 45.3 Å². The summed E-state index contributed by atoms with van der Waals surface area (Å²) in [5, 5.41) is 6.64. The van der Waals surface area contributed by atoms with E-state index in [1.54, 1.807) is 26.0 Å². The van der Waals surface area contributed by atoms with Crippen LogP contribution in [0.4, 0.5) is 4.79 Å². The highest BCUT2D eigenvalue weighted by Crippen LogP contribution is 2.31. The van der Waals surface area contributed by atoms with Crippen molar-refractivity contribution >= 4 is 11.9 Å². The number of carbonyl (C=O) groups excluding carboxylic acids is 2. The first-order valence-corrected chi connectivity index (χ1v) is 8.48. The standard InChI is InChI=1S/C19H18N4O4/c1-11-6-4-5-7-13(11)16-20-15(27-22-16)10-23-17(24)19(3,21-18(23)25)14-9-8-12(2)26-14/h4-9H,10H2,1-3H3,(H,21,25)/t19-/m1/s1. The molecule has 3 amide bonds. The minimum atomic E-state index is -1.26. The molecule has 1 aliphatic heterocycles. The van der Waals surface area contributed by atoms with Crippen molar-refractivity contribution in [2.24, 2.45) is 0 Å². The summed E-state index contributed by atoms with van der Waals surface area (Å²) in [4.78, 5) is 30.6. The summed E-state index contributed by atoms with van der Waals surface area (Å²) in [5.74, 6) is 1.20. The molecule has 4 rings (SSSR count).